The highest BCUT2D eigenvalue weighted by Gasteiger charge is 2.22. The molecule has 1 nitrogen and oxygen atoms in total. The molecule has 0 N–H and O–H groups in total. The highest BCUT2D eigenvalue weighted by molar-refractivity contribution is 14.1. The van der Waals surface area contributed by atoms with Gasteiger partial charge in [0.15, 0.2) is 0 Å². The van der Waals surface area contributed by atoms with Crippen LogP contribution >= 0.6 is 22.6 Å². The molecule has 0 atom stereocenters. The highest BCUT2D eigenvalue weighted by Crippen LogP contribution is 2.34. The Kier molecular flexibility index (Phi) is 3.19. The van der Waals surface area contributed by atoms with E-state index >= 15 is 0 Å². The maximum Gasteiger partial charge on any atom is 0.124 e. The van der Waals surface area contributed by atoms with Crippen molar-refractivity contribution >= 4 is 28.3 Å². The van der Waals surface area contributed by atoms with Crippen molar-refractivity contribution in [1.82, 2.24) is 0 Å². The van der Waals surface area contributed by atoms with Crippen LogP contribution in [-0.2, 0) is 6.42 Å². The lowest BCUT2D eigenvalue weighted by atomic mass is 10.1. The van der Waals surface area contributed by atoms with E-state index in [2.05, 4.69) is 41.3 Å². The molecule has 1 aromatic carbocycles. The third kappa shape index (κ3) is 2.27. The maximum atomic E-state index is 13.2. The molecule has 0 spiro atoms. The van der Waals surface area contributed by atoms with Gasteiger partial charge in [-0.2, -0.15) is 0 Å². The van der Waals surface area contributed by atoms with Gasteiger partial charge >= 0.3 is 0 Å². The van der Waals surface area contributed by atoms with Crippen LogP contribution in [0.25, 0.3) is 0 Å². The van der Waals surface area contributed by atoms with Gasteiger partial charge in [-0.15, -0.1) is 0 Å². The molecule has 0 radical (unpaired) electrons. The molecule has 1 aliphatic rings. The van der Waals surface area contributed by atoms with Crippen LogP contribution in [0.15, 0.2) is 12.1 Å². The van der Waals surface area contributed by atoms with Crippen LogP contribution in [0.2, 0.25) is 0 Å². The Morgan fingerprint density at radius 3 is 2.87 bits per heavy atom. The van der Waals surface area contributed by atoms with Crippen LogP contribution < -0.4 is 4.90 Å². The van der Waals surface area contributed by atoms with Gasteiger partial charge in [0.1, 0.15) is 5.82 Å². The summed E-state index contributed by atoms with van der Waals surface area (Å²) in [6.45, 7) is 6.53. The summed E-state index contributed by atoms with van der Waals surface area (Å²) in [5.41, 5.74) is 2.42. The molecular formula is C12H15FIN. The number of fused-ring (bicyclic) bond motifs is 1. The van der Waals surface area contributed by atoms with E-state index in [-0.39, 0.29) is 5.82 Å². The second-order valence-electron chi connectivity index (χ2n) is 4.49. The van der Waals surface area contributed by atoms with Gasteiger partial charge < -0.3 is 4.90 Å². The zero-order valence-corrected chi connectivity index (χ0v) is 11.2. The van der Waals surface area contributed by atoms with Gasteiger partial charge in [0.25, 0.3) is 0 Å². The zero-order valence-electron chi connectivity index (χ0n) is 9.06. The standard InChI is InChI=1S/C12H15FIN/c1-8(2)7-15-4-3-9-5-10(13)6-11(14)12(9)15/h5-6,8H,3-4,7H2,1-2H3. The van der Waals surface area contributed by atoms with Gasteiger partial charge in [0, 0.05) is 16.7 Å². The summed E-state index contributed by atoms with van der Waals surface area (Å²) in [7, 11) is 0. The van der Waals surface area contributed by atoms with Crippen LogP contribution in [0.4, 0.5) is 10.1 Å². The number of hydrogen-bond acceptors (Lipinski definition) is 1. The highest BCUT2D eigenvalue weighted by atomic mass is 127. The Bertz CT molecular complexity index is 376. The average Bonchev–Trinajstić information content (AvgIpc) is 2.46. The third-order valence-electron chi connectivity index (χ3n) is 2.66. The fourth-order valence-electron chi connectivity index (χ4n) is 2.15. The smallest absolute Gasteiger partial charge is 0.124 e. The van der Waals surface area contributed by atoms with Crippen molar-refractivity contribution in [2.75, 3.05) is 18.0 Å². The fraction of sp³-hybridized carbons (Fsp3) is 0.500. The molecule has 1 heterocycles. The Morgan fingerprint density at radius 2 is 2.20 bits per heavy atom. The number of halogens is 2. The minimum atomic E-state index is -0.107. The van der Waals surface area contributed by atoms with Crippen molar-refractivity contribution in [2.24, 2.45) is 5.92 Å². The quantitative estimate of drug-likeness (QED) is 0.755. The molecule has 1 aromatic rings. The summed E-state index contributed by atoms with van der Waals surface area (Å²) in [6.07, 6.45) is 0.982. The molecular weight excluding hydrogens is 304 g/mol. The van der Waals surface area contributed by atoms with Crippen molar-refractivity contribution in [3.63, 3.8) is 0 Å². The molecule has 0 aliphatic carbocycles. The zero-order chi connectivity index (χ0) is 11.0. The van der Waals surface area contributed by atoms with Crippen LogP contribution in [0, 0.1) is 15.3 Å². The van der Waals surface area contributed by atoms with Crippen molar-refractivity contribution in [2.45, 2.75) is 20.3 Å². The van der Waals surface area contributed by atoms with Crippen molar-refractivity contribution in [3.8, 4) is 0 Å². The lowest BCUT2D eigenvalue weighted by Crippen LogP contribution is -2.25. The lowest BCUT2D eigenvalue weighted by molar-refractivity contribution is 0.620. The monoisotopic (exact) mass is 319 g/mol. The molecule has 0 bridgehead atoms. The first-order chi connectivity index (χ1) is 7.08. The maximum absolute atomic E-state index is 13.2. The molecule has 3 heteroatoms. The molecule has 0 saturated carbocycles. The Labute approximate surface area is 104 Å². The normalized spacial score (nSPS) is 14.9. The van der Waals surface area contributed by atoms with Gasteiger partial charge in [-0.1, -0.05) is 13.8 Å². The predicted octanol–water partition coefficient (Wildman–Crippen LogP) is 3.45. The number of anilines is 1. The Morgan fingerprint density at radius 1 is 1.47 bits per heavy atom. The third-order valence-corrected chi connectivity index (χ3v) is 3.48. The topological polar surface area (TPSA) is 3.24 Å². The van der Waals surface area contributed by atoms with E-state index in [1.807, 2.05) is 0 Å². The van der Waals surface area contributed by atoms with E-state index in [0.29, 0.717) is 5.92 Å². The average molecular weight is 319 g/mol. The first-order valence-corrected chi connectivity index (χ1v) is 6.38. The molecule has 0 fully saturated rings. The predicted molar refractivity (Wildman–Crippen MR) is 69.9 cm³/mol. The summed E-state index contributed by atoms with van der Waals surface area (Å²) >= 11 is 2.23. The van der Waals surface area contributed by atoms with Crippen LogP contribution in [0.3, 0.4) is 0 Å². The van der Waals surface area contributed by atoms with Crippen molar-refractivity contribution in [1.29, 1.82) is 0 Å². The Hall–Kier alpha value is -0.320. The molecule has 0 aromatic heterocycles. The van der Waals surface area contributed by atoms with E-state index in [9.17, 15) is 4.39 Å². The summed E-state index contributed by atoms with van der Waals surface area (Å²) in [5, 5.41) is 0. The Balaban J connectivity index is 2.33. The number of benzene rings is 1. The molecule has 0 saturated heterocycles. The van der Waals surface area contributed by atoms with Gasteiger partial charge in [-0.25, -0.2) is 4.39 Å². The van der Waals surface area contributed by atoms with Crippen LogP contribution in [-0.4, -0.2) is 13.1 Å². The number of nitrogens with zero attached hydrogens (tertiary/aromatic N) is 1. The van der Waals surface area contributed by atoms with Crippen molar-refractivity contribution in [3.05, 3.63) is 27.1 Å². The minimum absolute atomic E-state index is 0.107. The number of rotatable bonds is 2. The van der Waals surface area contributed by atoms with Gasteiger partial charge in [-0.05, 0) is 52.6 Å². The summed E-state index contributed by atoms with van der Waals surface area (Å²) in [5.74, 6) is 0.543. The second kappa shape index (κ2) is 4.28. The minimum Gasteiger partial charge on any atom is -0.370 e. The van der Waals surface area contributed by atoms with Gasteiger partial charge in [0.2, 0.25) is 0 Å². The molecule has 15 heavy (non-hydrogen) atoms. The van der Waals surface area contributed by atoms with Crippen molar-refractivity contribution < 1.29 is 4.39 Å². The van der Waals surface area contributed by atoms with E-state index < -0.39 is 0 Å². The first kappa shape index (κ1) is 11.2. The van der Waals surface area contributed by atoms with Crippen LogP contribution in [0.5, 0.6) is 0 Å². The van der Waals surface area contributed by atoms with Crippen LogP contribution in [0.1, 0.15) is 19.4 Å². The van der Waals surface area contributed by atoms with Gasteiger partial charge in [0.05, 0.1) is 5.69 Å². The summed E-state index contributed by atoms with van der Waals surface area (Å²) in [4.78, 5) is 2.38. The first-order valence-electron chi connectivity index (χ1n) is 5.31. The molecule has 82 valence electrons. The van der Waals surface area contributed by atoms with Gasteiger partial charge in [-0.3, -0.25) is 0 Å². The largest absolute Gasteiger partial charge is 0.370 e. The van der Waals surface area contributed by atoms with E-state index in [1.54, 1.807) is 12.1 Å². The van der Waals surface area contributed by atoms with E-state index in [0.717, 1.165) is 23.1 Å². The molecule has 0 amide bonds. The number of hydrogen-bond donors (Lipinski definition) is 0. The van der Waals surface area contributed by atoms with E-state index in [1.165, 1.54) is 11.3 Å². The lowest BCUT2D eigenvalue weighted by Gasteiger charge is -2.22. The molecule has 1 aliphatic heterocycles. The fourth-order valence-corrected chi connectivity index (χ4v) is 3.14. The molecule has 2 rings (SSSR count). The van der Waals surface area contributed by atoms with E-state index in [4.69, 9.17) is 0 Å². The summed E-state index contributed by atoms with van der Waals surface area (Å²) < 4.78 is 14.2. The second-order valence-corrected chi connectivity index (χ2v) is 5.65. The SMILES string of the molecule is CC(C)CN1CCc2cc(F)cc(I)c21. The molecule has 0 unspecified atom stereocenters. The summed E-state index contributed by atoms with van der Waals surface area (Å²) in [6, 6.07) is 3.30.